The molecular weight excluding hydrogens is 352 g/mol. The Hall–Kier alpha value is -4.06. The number of hydrogen-bond donors (Lipinski definition) is 2. The Labute approximate surface area is 159 Å². The summed E-state index contributed by atoms with van der Waals surface area (Å²) in [6.45, 7) is 0. The van der Waals surface area contributed by atoms with Gasteiger partial charge in [0.25, 0.3) is 5.43 Å². The van der Waals surface area contributed by atoms with Gasteiger partial charge in [-0.25, -0.2) is 9.97 Å². The Morgan fingerprint density at radius 1 is 0.857 bits per heavy atom. The molecule has 0 unspecified atom stereocenters. The second-order valence-electron chi connectivity index (χ2n) is 6.40. The highest BCUT2D eigenvalue weighted by atomic mass is 16.3. The van der Waals surface area contributed by atoms with E-state index in [9.17, 15) is 9.90 Å². The van der Waals surface area contributed by atoms with Crippen molar-refractivity contribution in [1.82, 2.24) is 19.9 Å². The van der Waals surface area contributed by atoms with Crippen molar-refractivity contribution in [3.8, 4) is 28.3 Å². The maximum atomic E-state index is 12.4. The molecule has 0 saturated heterocycles. The van der Waals surface area contributed by atoms with Gasteiger partial charge in [0.2, 0.25) is 0 Å². The van der Waals surface area contributed by atoms with Gasteiger partial charge in [0, 0.05) is 28.9 Å². The van der Waals surface area contributed by atoms with Crippen molar-refractivity contribution in [3.63, 3.8) is 0 Å². The van der Waals surface area contributed by atoms with Crippen molar-refractivity contribution in [2.75, 3.05) is 0 Å². The number of hydrogen-bond acceptors (Lipinski definition) is 5. The molecular formula is C22H14N4O2. The van der Waals surface area contributed by atoms with E-state index in [-0.39, 0.29) is 11.3 Å². The molecule has 134 valence electrons. The van der Waals surface area contributed by atoms with Gasteiger partial charge in [-0.1, -0.05) is 42.5 Å². The molecule has 0 aliphatic carbocycles. The zero-order chi connectivity index (χ0) is 19.1. The van der Waals surface area contributed by atoms with Crippen molar-refractivity contribution in [2.24, 2.45) is 0 Å². The number of aromatic hydroxyl groups is 1. The number of aromatic amines is 1. The average molecular weight is 366 g/mol. The van der Waals surface area contributed by atoms with Crippen molar-refractivity contribution in [3.05, 3.63) is 83.3 Å². The molecule has 3 aromatic heterocycles. The van der Waals surface area contributed by atoms with Crippen LogP contribution < -0.4 is 5.43 Å². The summed E-state index contributed by atoms with van der Waals surface area (Å²) >= 11 is 0. The third-order valence-electron chi connectivity index (χ3n) is 4.61. The lowest BCUT2D eigenvalue weighted by molar-refractivity contribution is 0.469. The van der Waals surface area contributed by atoms with Crippen LogP contribution in [-0.4, -0.2) is 25.0 Å². The first kappa shape index (κ1) is 16.1. The van der Waals surface area contributed by atoms with Gasteiger partial charge in [0.1, 0.15) is 0 Å². The molecule has 3 heterocycles. The first-order chi connectivity index (χ1) is 13.7. The van der Waals surface area contributed by atoms with E-state index in [0.29, 0.717) is 17.0 Å². The van der Waals surface area contributed by atoms with Gasteiger partial charge in [0.05, 0.1) is 16.9 Å². The fourth-order valence-corrected chi connectivity index (χ4v) is 3.24. The Morgan fingerprint density at radius 2 is 1.68 bits per heavy atom. The Balaban J connectivity index is 1.86. The van der Waals surface area contributed by atoms with Crippen LogP contribution in [0.2, 0.25) is 0 Å². The summed E-state index contributed by atoms with van der Waals surface area (Å²) in [5.41, 5.74) is 3.66. The van der Waals surface area contributed by atoms with Gasteiger partial charge in [-0.15, -0.1) is 0 Å². The van der Waals surface area contributed by atoms with Gasteiger partial charge in [0.15, 0.2) is 16.9 Å². The summed E-state index contributed by atoms with van der Waals surface area (Å²) in [6.07, 6.45) is 2.98. The highest BCUT2D eigenvalue weighted by Crippen LogP contribution is 2.31. The molecule has 0 aliphatic rings. The monoisotopic (exact) mass is 366 g/mol. The van der Waals surface area contributed by atoms with E-state index in [4.69, 9.17) is 0 Å². The first-order valence-electron chi connectivity index (χ1n) is 8.74. The molecule has 2 N–H and O–H groups in total. The molecule has 0 fully saturated rings. The number of pyridine rings is 2. The molecule has 0 radical (unpaired) electrons. The summed E-state index contributed by atoms with van der Waals surface area (Å²) in [6, 6.07) is 19.3. The van der Waals surface area contributed by atoms with Crippen LogP contribution in [-0.2, 0) is 0 Å². The van der Waals surface area contributed by atoms with Crippen LogP contribution >= 0.6 is 0 Å². The fraction of sp³-hybridized carbons (Fsp3) is 0. The lowest BCUT2D eigenvalue weighted by Gasteiger charge is -2.11. The molecule has 6 heteroatoms. The molecule has 28 heavy (non-hydrogen) atoms. The highest BCUT2D eigenvalue weighted by Gasteiger charge is 2.16. The van der Waals surface area contributed by atoms with Crippen LogP contribution in [0.15, 0.2) is 77.9 Å². The maximum Gasteiger partial charge on any atom is 0.250 e. The Bertz CT molecular complexity index is 1390. The van der Waals surface area contributed by atoms with Crippen LogP contribution in [0, 0.1) is 0 Å². The molecule has 0 aliphatic heterocycles. The molecule has 5 aromatic rings. The quantitative estimate of drug-likeness (QED) is 0.494. The van der Waals surface area contributed by atoms with E-state index in [2.05, 4.69) is 19.9 Å². The van der Waals surface area contributed by atoms with Crippen molar-refractivity contribution >= 4 is 22.1 Å². The average Bonchev–Trinajstić information content (AvgIpc) is 2.76. The third-order valence-corrected chi connectivity index (χ3v) is 4.61. The minimum Gasteiger partial charge on any atom is -0.503 e. The topological polar surface area (TPSA) is 91.8 Å². The second kappa shape index (κ2) is 6.28. The predicted octanol–water partition coefficient (Wildman–Crippen LogP) is 3.91. The molecule has 2 aromatic carbocycles. The predicted molar refractivity (Wildman–Crippen MR) is 108 cm³/mol. The Kier molecular flexibility index (Phi) is 3.62. The van der Waals surface area contributed by atoms with E-state index in [1.807, 2.05) is 60.7 Å². The van der Waals surface area contributed by atoms with Gasteiger partial charge in [-0.2, -0.15) is 0 Å². The maximum absolute atomic E-state index is 12.4. The number of rotatable bonds is 2. The fourth-order valence-electron chi connectivity index (χ4n) is 3.24. The van der Waals surface area contributed by atoms with Gasteiger partial charge in [-0.3, -0.25) is 9.78 Å². The highest BCUT2D eigenvalue weighted by molar-refractivity contribution is 5.89. The standard InChI is InChI=1S/C22H14N4O2/c27-17-12-24-22-20(21(17)28)25-19(18(26-22)13-5-2-1-3-6-13)15-8-9-16-14(11-15)7-4-10-23-16/h1-12,27H,(H,24,26,28). The van der Waals surface area contributed by atoms with E-state index >= 15 is 0 Å². The van der Waals surface area contributed by atoms with Crippen LogP contribution in [0.3, 0.4) is 0 Å². The van der Waals surface area contributed by atoms with Crippen molar-refractivity contribution in [2.45, 2.75) is 0 Å². The summed E-state index contributed by atoms with van der Waals surface area (Å²) in [5.74, 6) is -0.386. The Morgan fingerprint density at radius 3 is 2.54 bits per heavy atom. The van der Waals surface area contributed by atoms with Gasteiger partial charge in [-0.05, 0) is 18.2 Å². The summed E-state index contributed by atoms with van der Waals surface area (Å²) in [5, 5.41) is 10.8. The largest absolute Gasteiger partial charge is 0.503 e. The number of aromatic nitrogens is 4. The molecule has 5 rings (SSSR count). The van der Waals surface area contributed by atoms with Gasteiger partial charge >= 0.3 is 0 Å². The molecule has 6 nitrogen and oxygen atoms in total. The number of nitrogens with zero attached hydrogens (tertiary/aromatic N) is 3. The van der Waals surface area contributed by atoms with Gasteiger partial charge < -0.3 is 10.1 Å². The number of H-pyrrole nitrogens is 1. The second-order valence-corrected chi connectivity index (χ2v) is 6.40. The van der Waals surface area contributed by atoms with Crippen LogP contribution in [0.4, 0.5) is 0 Å². The lowest BCUT2D eigenvalue weighted by Crippen LogP contribution is -2.07. The number of nitrogens with one attached hydrogen (secondary N) is 1. The number of benzene rings is 2. The first-order valence-corrected chi connectivity index (χ1v) is 8.74. The molecule has 0 atom stereocenters. The smallest absolute Gasteiger partial charge is 0.250 e. The molecule has 0 spiro atoms. The van der Waals surface area contributed by atoms with Crippen molar-refractivity contribution < 1.29 is 5.11 Å². The van der Waals surface area contributed by atoms with Crippen LogP contribution in [0.5, 0.6) is 5.75 Å². The molecule has 0 saturated carbocycles. The lowest BCUT2D eigenvalue weighted by atomic mass is 10.0. The normalized spacial score (nSPS) is 11.1. The van der Waals surface area contributed by atoms with Crippen LogP contribution in [0.25, 0.3) is 44.6 Å². The third kappa shape index (κ3) is 2.59. The summed E-state index contributed by atoms with van der Waals surface area (Å²) in [4.78, 5) is 28.8. The summed E-state index contributed by atoms with van der Waals surface area (Å²) in [7, 11) is 0. The minimum absolute atomic E-state index is 0.0981. The molecule has 0 amide bonds. The van der Waals surface area contributed by atoms with Crippen LogP contribution in [0.1, 0.15) is 0 Å². The van der Waals surface area contributed by atoms with E-state index < -0.39 is 5.43 Å². The summed E-state index contributed by atoms with van der Waals surface area (Å²) < 4.78 is 0. The molecule has 0 bridgehead atoms. The zero-order valence-corrected chi connectivity index (χ0v) is 14.6. The van der Waals surface area contributed by atoms with E-state index in [0.717, 1.165) is 22.0 Å². The zero-order valence-electron chi connectivity index (χ0n) is 14.6. The number of fused-ring (bicyclic) bond motifs is 2. The van der Waals surface area contributed by atoms with Crippen molar-refractivity contribution in [1.29, 1.82) is 0 Å². The minimum atomic E-state index is -0.551. The SMILES string of the molecule is O=c1c(O)c[nH]c2nc(-c3ccccc3)c(-c3ccc4ncccc4c3)nc12. The van der Waals surface area contributed by atoms with E-state index in [1.54, 1.807) is 6.20 Å². The van der Waals surface area contributed by atoms with E-state index in [1.165, 1.54) is 6.20 Å².